The van der Waals surface area contributed by atoms with Crippen LogP contribution in [0.3, 0.4) is 0 Å². The molecule has 2 aromatic carbocycles. The molecule has 1 aromatic heterocycles. The maximum absolute atomic E-state index is 12.5. The molecule has 0 amide bonds. The molecule has 0 aliphatic rings. The van der Waals surface area contributed by atoms with Gasteiger partial charge in [-0.25, -0.2) is 9.47 Å². The van der Waals surface area contributed by atoms with Crippen molar-refractivity contribution in [3.8, 4) is 23.3 Å². The van der Waals surface area contributed by atoms with E-state index in [1.54, 1.807) is 69.5 Å². The minimum Gasteiger partial charge on any atom is -0.497 e. The van der Waals surface area contributed by atoms with Gasteiger partial charge in [-0.05, 0) is 73.5 Å². The number of benzene rings is 2. The van der Waals surface area contributed by atoms with Crippen LogP contribution in [0.1, 0.15) is 32.7 Å². The Balaban J connectivity index is 1.85. The Kier molecular flexibility index (Phi) is 6.71. The van der Waals surface area contributed by atoms with Gasteiger partial charge in [-0.3, -0.25) is 4.79 Å². The van der Waals surface area contributed by atoms with Gasteiger partial charge in [0.15, 0.2) is 11.5 Å². The van der Waals surface area contributed by atoms with Gasteiger partial charge in [0.05, 0.1) is 26.0 Å². The van der Waals surface area contributed by atoms with Gasteiger partial charge in [0, 0.05) is 5.69 Å². The van der Waals surface area contributed by atoms with Crippen LogP contribution < -0.4 is 19.8 Å². The second-order valence-corrected chi connectivity index (χ2v) is 6.85. The van der Waals surface area contributed by atoms with Gasteiger partial charge in [0.25, 0.3) is 5.56 Å². The molecule has 3 aromatic rings. The van der Waals surface area contributed by atoms with E-state index in [0.29, 0.717) is 33.9 Å². The van der Waals surface area contributed by atoms with Gasteiger partial charge in [0.2, 0.25) is 0 Å². The molecule has 0 bridgehead atoms. The zero-order chi connectivity index (χ0) is 23.3. The largest absolute Gasteiger partial charge is 0.497 e. The Hall–Kier alpha value is -4.38. The number of hydrogen-bond acceptors (Lipinski definition) is 7. The monoisotopic (exact) mass is 431 g/mol. The summed E-state index contributed by atoms with van der Waals surface area (Å²) >= 11 is 0. The van der Waals surface area contributed by atoms with Gasteiger partial charge in [-0.15, -0.1) is 0 Å². The second kappa shape index (κ2) is 9.62. The number of esters is 1. The van der Waals surface area contributed by atoms with Crippen LogP contribution >= 0.6 is 0 Å². The lowest BCUT2D eigenvalue weighted by Gasteiger charge is -2.10. The summed E-state index contributed by atoms with van der Waals surface area (Å²) in [6.07, 6.45) is 1.46. The number of aryl methyl sites for hydroxylation is 2. The highest BCUT2D eigenvalue weighted by Crippen LogP contribution is 2.28. The normalized spacial score (nSPS) is 10.6. The van der Waals surface area contributed by atoms with E-state index in [1.165, 1.54) is 13.3 Å². The summed E-state index contributed by atoms with van der Waals surface area (Å²) in [4.78, 5) is 24.9. The number of ether oxygens (including phenoxy) is 3. The third-order valence-electron chi connectivity index (χ3n) is 4.71. The van der Waals surface area contributed by atoms with Gasteiger partial charge >= 0.3 is 5.97 Å². The molecule has 0 radical (unpaired) electrons. The van der Waals surface area contributed by atoms with Gasteiger partial charge in [-0.2, -0.15) is 10.4 Å². The molecular formula is C24H21N3O5. The molecule has 32 heavy (non-hydrogen) atoms. The minimum atomic E-state index is -0.543. The quantitative estimate of drug-likeness (QED) is 0.336. The molecular weight excluding hydrogens is 410 g/mol. The zero-order valence-corrected chi connectivity index (χ0v) is 18.1. The number of nitriles is 1. The molecule has 0 aliphatic carbocycles. The number of hydrogen-bond donors (Lipinski definition) is 0. The molecule has 1 heterocycles. The van der Waals surface area contributed by atoms with E-state index in [4.69, 9.17) is 14.2 Å². The van der Waals surface area contributed by atoms with Crippen molar-refractivity contribution in [2.75, 3.05) is 14.2 Å². The molecule has 0 aliphatic heterocycles. The smallest absolute Gasteiger partial charge is 0.343 e. The summed E-state index contributed by atoms with van der Waals surface area (Å²) in [6, 6.07) is 15.0. The number of aromatic nitrogens is 1. The average Bonchev–Trinajstić information content (AvgIpc) is 2.79. The van der Waals surface area contributed by atoms with Crippen LogP contribution in [0.15, 0.2) is 58.4 Å². The number of carbonyl (C=O) groups excluding carboxylic acids is 1. The molecule has 0 spiro atoms. The maximum Gasteiger partial charge on any atom is 0.343 e. The number of methoxy groups -OCH3 is 2. The van der Waals surface area contributed by atoms with E-state index in [2.05, 4.69) is 5.10 Å². The molecule has 0 saturated carbocycles. The maximum atomic E-state index is 12.5. The molecule has 162 valence electrons. The van der Waals surface area contributed by atoms with Crippen molar-refractivity contribution in [1.29, 1.82) is 5.26 Å². The van der Waals surface area contributed by atoms with Crippen molar-refractivity contribution in [2.24, 2.45) is 5.10 Å². The third kappa shape index (κ3) is 4.68. The van der Waals surface area contributed by atoms with E-state index in [-0.39, 0.29) is 11.3 Å². The Morgan fingerprint density at radius 3 is 2.38 bits per heavy atom. The van der Waals surface area contributed by atoms with Crippen molar-refractivity contribution in [1.82, 2.24) is 4.68 Å². The first kappa shape index (κ1) is 22.3. The zero-order valence-electron chi connectivity index (χ0n) is 18.1. The Bertz CT molecular complexity index is 1280. The van der Waals surface area contributed by atoms with Gasteiger partial charge in [-0.1, -0.05) is 0 Å². The van der Waals surface area contributed by atoms with Crippen LogP contribution in [0.2, 0.25) is 0 Å². The Labute approximate surface area is 184 Å². The third-order valence-corrected chi connectivity index (χ3v) is 4.71. The summed E-state index contributed by atoms with van der Waals surface area (Å²) in [6.45, 7) is 3.44. The number of pyridine rings is 1. The lowest BCUT2D eigenvalue weighted by atomic mass is 10.1. The van der Waals surface area contributed by atoms with Crippen molar-refractivity contribution in [3.63, 3.8) is 0 Å². The highest BCUT2D eigenvalue weighted by atomic mass is 16.6. The van der Waals surface area contributed by atoms with Crippen LogP contribution in [0.5, 0.6) is 17.2 Å². The predicted octanol–water partition coefficient (Wildman–Crippen LogP) is 3.46. The first-order valence-corrected chi connectivity index (χ1v) is 9.60. The van der Waals surface area contributed by atoms with Crippen molar-refractivity contribution < 1.29 is 19.0 Å². The first-order valence-electron chi connectivity index (χ1n) is 9.60. The molecule has 0 saturated heterocycles. The molecule has 0 fully saturated rings. The van der Waals surface area contributed by atoms with E-state index in [0.717, 1.165) is 4.68 Å². The highest BCUT2D eigenvalue weighted by Gasteiger charge is 2.13. The molecule has 0 unspecified atom stereocenters. The molecule has 0 atom stereocenters. The first-order chi connectivity index (χ1) is 15.4. The van der Waals surface area contributed by atoms with Crippen molar-refractivity contribution in [2.45, 2.75) is 13.8 Å². The van der Waals surface area contributed by atoms with Crippen LogP contribution in [-0.4, -0.2) is 31.1 Å². The molecule has 8 heteroatoms. The van der Waals surface area contributed by atoms with Crippen LogP contribution in [-0.2, 0) is 0 Å². The van der Waals surface area contributed by atoms with Crippen LogP contribution in [0, 0.1) is 25.2 Å². The van der Waals surface area contributed by atoms with Crippen molar-refractivity contribution >= 4 is 12.2 Å². The average molecular weight is 431 g/mol. The van der Waals surface area contributed by atoms with Gasteiger partial charge in [0.1, 0.15) is 17.4 Å². The second-order valence-electron chi connectivity index (χ2n) is 6.85. The fraction of sp³-hybridized carbons (Fsp3) is 0.167. The predicted molar refractivity (Wildman–Crippen MR) is 119 cm³/mol. The molecule has 8 nitrogen and oxygen atoms in total. The summed E-state index contributed by atoms with van der Waals surface area (Å²) in [5, 5.41) is 13.4. The van der Waals surface area contributed by atoms with E-state index >= 15 is 0 Å². The number of carbonyl (C=O) groups is 1. The summed E-state index contributed by atoms with van der Waals surface area (Å²) in [5.41, 5.74) is 1.73. The van der Waals surface area contributed by atoms with Gasteiger partial charge < -0.3 is 14.2 Å². The fourth-order valence-electron chi connectivity index (χ4n) is 3.02. The van der Waals surface area contributed by atoms with Crippen LogP contribution in [0.25, 0.3) is 0 Å². The van der Waals surface area contributed by atoms with E-state index in [9.17, 15) is 14.9 Å². The number of nitrogens with zero attached hydrogens (tertiary/aromatic N) is 3. The topological polar surface area (TPSA) is 103 Å². The lowest BCUT2D eigenvalue weighted by molar-refractivity contribution is 0.0729. The minimum absolute atomic E-state index is 0.0473. The van der Waals surface area contributed by atoms with E-state index < -0.39 is 11.5 Å². The fourth-order valence-corrected chi connectivity index (χ4v) is 3.02. The highest BCUT2D eigenvalue weighted by molar-refractivity contribution is 5.91. The standard InChI is InChI=1S/C24H21N3O5/c1-15-11-16(2)27(23(28)20(15)13-25)26-14-17-5-10-21(22(12-17)31-4)32-24(29)18-6-8-19(30-3)9-7-18/h5-12,14H,1-4H3/b26-14+. The van der Waals surface area contributed by atoms with E-state index in [1.807, 2.05) is 6.07 Å². The summed E-state index contributed by atoms with van der Waals surface area (Å²) in [7, 11) is 3.00. The molecule has 0 N–H and O–H groups in total. The summed E-state index contributed by atoms with van der Waals surface area (Å²) in [5.74, 6) is 0.647. The summed E-state index contributed by atoms with van der Waals surface area (Å²) < 4.78 is 17.0. The Morgan fingerprint density at radius 2 is 1.75 bits per heavy atom. The Morgan fingerprint density at radius 1 is 1.03 bits per heavy atom. The lowest BCUT2D eigenvalue weighted by Crippen LogP contribution is -2.22. The molecule has 3 rings (SSSR count). The van der Waals surface area contributed by atoms with Crippen molar-refractivity contribution in [3.05, 3.63) is 86.8 Å². The SMILES string of the molecule is COc1ccc(C(=O)Oc2ccc(/C=N/n3c(C)cc(C)c(C#N)c3=O)cc2OC)cc1. The number of rotatable bonds is 6. The van der Waals surface area contributed by atoms with Crippen LogP contribution in [0.4, 0.5) is 0 Å².